The molecular weight excluding hydrogens is 598 g/mol. The lowest BCUT2D eigenvalue weighted by Crippen LogP contribution is -2.70. The van der Waals surface area contributed by atoms with Gasteiger partial charge in [-0.3, -0.25) is 0 Å². The molecule has 0 radical (unpaired) electrons. The maximum Gasteiger partial charge on any atom is 0.460 e. The molecule has 0 amide bonds. The predicted octanol–water partition coefficient (Wildman–Crippen LogP) is 8.31. The van der Waals surface area contributed by atoms with Crippen molar-refractivity contribution in [1.29, 1.82) is 0 Å². The van der Waals surface area contributed by atoms with Gasteiger partial charge in [-0.15, -0.1) is 0 Å². The summed E-state index contributed by atoms with van der Waals surface area (Å²) in [7, 11) is 0. The molecule has 0 spiro atoms. The molecule has 0 N–H and O–H groups in total. The van der Waals surface area contributed by atoms with Crippen LogP contribution in [0.15, 0.2) is 23.8 Å². The second-order valence-electron chi connectivity index (χ2n) is 7.15. The molecule has 1 atom stereocenters. The lowest BCUT2D eigenvalue weighted by molar-refractivity contribution is -0.441. The summed E-state index contributed by atoms with van der Waals surface area (Å²) in [6.45, 7) is 0. The minimum absolute atomic E-state index is 1.03. The van der Waals surface area contributed by atoms with Gasteiger partial charge >= 0.3 is 59.7 Å². The topological polar surface area (TPSA) is 0 Å². The summed E-state index contributed by atoms with van der Waals surface area (Å²) in [6, 6.07) is 0. The Hall–Kier alpha value is -2.06. The fourth-order valence-corrected chi connectivity index (χ4v) is 2.49. The molecule has 1 aliphatic carbocycles. The maximum absolute atomic E-state index is 14.0. The number of hydrogen-bond donors (Lipinski definition) is 0. The van der Waals surface area contributed by atoms with Crippen molar-refractivity contribution >= 4 is 0 Å². The van der Waals surface area contributed by atoms with Crippen LogP contribution in [0.2, 0.25) is 0 Å². The summed E-state index contributed by atoms with van der Waals surface area (Å²) in [4.78, 5) is 0. The van der Waals surface area contributed by atoms with Crippen molar-refractivity contribution < 1.29 is 96.6 Å². The first-order chi connectivity index (χ1) is 15.7. The summed E-state index contributed by atoms with van der Waals surface area (Å²) in [5, 5.41) is 0. The van der Waals surface area contributed by atoms with Gasteiger partial charge in [0.15, 0.2) is 0 Å². The van der Waals surface area contributed by atoms with Crippen molar-refractivity contribution in [1.82, 2.24) is 0 Å². The van der Waals surface area contributed by atoms with Crippen LogP contribution in [0.4, 0.5) is 96.6 Å². The van der Waals surface area contributed by atoms with Crippen molar-refractivity contribution in [3.8, 4) is 0 Å². The van der Waals surface area contributed by atoms with Crippen LogP contribution in [0.3, 0.4) is 0 Å². The molecule has 0 aromatic rings. The van der Waals surface area contributed by atoms with E-state index in [0.29, 0.717) is 0 Å². The third-order valence-corrected chi connectivity index (χ3v) is 4.73. The molecule has 22 heteroatoms. The minimum Gasteiger partial charge on any atom is -0.199 e. The van der Waals surface area contributed by atoms with E-state index in [1.807, 2.05) is 0 Å². The molecule has 218 valence electrons. The second-order valence-corrected chi connectivity index (χ2v) is 7.15. The van der Waals surface area contributed by atoms with Crippen LogP contribution in [0, 0.1) is 5.92 Å². The van der Waals surface area contributed by atoms with Crippen LogP contribution in [-0.2, 0) is 0 Å². The molecule has 0 bridgehead atoms. The fraction of sp³-hybridized carbons (Fsp3) is 0.733. The molecule has 1 rings (SSSR count). The van der Waals surface area contributed by atoms with Gasteiger partial charge in [0.2, 0.25) is 0 Å². The van der Waals surface area contributed by atoms with Gasteiger partial charge in [0.1, 0.15) is 0 Å². The van der Waals surface area contributed by atoms with Gasteiger partial charge in [0.25, 0.3) is 0 Å². The van der Waals surface area contributed by atoms with E-state index in [1.165, 1.54) is 0 Å². The van der Waals surface area contributed by atoms with E-state index in [2.05, 4.69) is 0 Å². The lowest BCUT2D eigenvalue weighted by Gasteiger charge is -2.40. The molecule has 37 heavy (non-hydrogen) atoms. The molecular formula is C15H4F22. The maximum atomic E-state index is 14.0. The average molecular weight is 602 g/mol. The highest BCUT2D eigenvalue weighted by Crippen LogP contribution is 2.62. The van der Waals surface area contributed by atoms with E-state index in [1.54, 1.807) is 0 Å². The van der Waals surface area contributed by atoms with Gasteiger partial charge in [-0.1, -0.05) is 18.2 Å². The van der Waals surface area contributed by atoms with Crippen LogP contribution in [0.5, 0.6) is 0 Å². The standard InChI is InChI=1S/C15H4F22/c16-6(17,8(20,21)10(24,25)11(26,27)13(30,31)15(35,36)37)4-1-2-5(3-4)7(18,19)9(22,23)12(28,29)14(32,33)34/h1-4H. The highest BCUT2D eigenvalue weighted by molar-refractivity contribution is 5.39. The zero-order chi connectivity index (χ0) is 30.3. The largest absolute Gasteiger partial charge is 0.460 e. The van der Waals surface area contributed by atoms with Crippen molar-refractivity contribution in [3.05, 3.63) is 23.8 Å². The summed E-state index contributed by atoms with van der Waals surface area (Å²) in [5.74, 6) is -66.7. The highest BCUT2D eigenvalue weighted by Gasteiger charge is 2.91. The summed E-state index contributed by atoms with van der Waals surface area (Å²) < 4.78 is 286. The number of halogens is 22. The van der Waals surface area contributed by atoms with Crippen LogP contribution in [-0.4, -0.2) is 59.7 Å². The molecule has 0 aliphatic heterocycles. The number of hydrogen-bond acceptors (Lipinski definition) is 0. The SMILES string of the molecule is FC(F)(F)C(F)(F)C(F)(F)C(F)(F)C1=CC(C(F)(F)C(F)(F)C(F)(F)C(F)(F)C(F)(F)C(F)(F)F)C=C1. The minimum atomic E-state index is -8.40. The van der Waals surface area contributed by atoms with E-state index in [0.717, 1.165) is 0 Å². The van der Waals surface area contributed by atoms with Crippen LogP contribution in [0.1, 0.15) is 0 Å². The quantitative estimate of drug-likeness (QED) is 0.246. The van der Waals surface area contributed by atoms with Gasteiger partial charge in [0.05, 0.1) is 5.92 Å². The van der Waals surface area contributed by atoms with Gasteiger partial charge < -0.3 is 0 Å². The molecule has 1 unspecified atom stereocenters. The first-order valence-electron chi connectivity index (χ1n) is 8.27. The smallest absolute Gasteiger partial charge is 0.199 e. The third-order valence-electron chi connectivity index (χ3n) is 4.73. The molecule has 1 aliphatic rings. The molecule has 0 nitrogen and oxygen atoms in total. The Morgan fingerprint density at radius 3 is 1.08 bits per heavy atom. The van der Waals surface area contributed by atoms with Gasteiger partial charge in [-0.25, -0.2) is 0 Å². The Morgan fingerprint density at radius 2 is 0.730 bits per heavy atom. The molecule has 0 heterocycles. The van der Waals surface area contributed by atoms with Crippen LogP contribution >= 0.6 is 0 Å². The second kappa shape index (κ2) is 8.22. The van der Waals surface area contributed by atoms with E-state index in [-0.39, 0.29) is 0 Å². The van der Waals surface area contributed by atoms with Crippen molar-refractivity contribution in [2.75, 3.05) is 0 Å². The van der Waals surface area contributed by atoms with Crippen LogP contribution in [0.25, 0.3) is 0 Å². The monoisotopic (exact) mass is 602 g/mol. The third kappa shape index (κ3) is 4.19. The van der Waals surface area contributed by atoms with Gasteiger partial charge in [-0.2, -0.15) is 96.6 Å². The first-order valence-corrected chi connectivity index (χ1v) is 8.27. The Kier molecular flexibility index (Phi) is 7.32. The van der Waals surface area contributed by atoms with Crippen molar-refractivity contribution in [2.45, 2.75) is 59.7 Å². The Bertz CT molecular complexity index is 925. The zero-order valence-electron chi connectivity index (χ0n) is 16.1. The number of alkyl halides is 22. The highest BCUT2D eigenvalue weighted by atomic mass is 19.4. The Balaban J connectivity index is 3.61. The zero-order valence-corrected chi connectivity index (χ0v) is 16.1. The normalized spacial score (nSPS) is 19.9. The van der Waals surface area contributed by atoms with Gasteiger partial charge in [0, 0.05) is 5.57 Å². The average Bonchev–Trinajstić information content (AvgIpc) is 3.16. The summed E-state index contributed by atoms with van der Waals surface area (Å²) in [6.07, 6.45) is -18.8. The molecule has 0 fully saturated rings. The van der Waals surface area contributed by atoms with Gasteiger partial charge in [-0.05, 0) is 0 Å². The predicted molar refractivity (Wildman–Crippen MR) is 72.4 cm³/mol. The molecule has 0 aromatic carbocycles. The lowest BCUT2D eigenvalue weighted by atomic mass is 9.87. The Labute approximate surface area is 187 Å². The van der Waals surface area contributed by atoms with Crippen molar-refractivity contribution in [2.24, 2.45) is 5.92 Å². The Morgan fingerprint density at radius 1 is 0.405 bits per heavy atom. The van der Waals surface area contributed by atoms with E-state index in [4.69, 9.17) is 0 Å². The molecule has 0 saturated heterocycles. The molecule has 0 aromatic heterocycles. The number of rotatable bonds is 8. The van der Waals surface area contributed by atoms with E-state index in [9.17, 15) is 96.6 Å². The number of allylic oxidation sites excluding steroid dienone is 4. The van der Waals surface area contributed by atoms with E-state index >= 15 is 0 Å². The molecule has 0 saturated carbocycles. The van der Waals surface area contributed by atoms with Crippen molar-refractivity contribution in [3.63, 3.8) is 0 Å². The summed E-state index contributed by atoms with van der Waals surface area (Å²) >= 11 is 0. The summed E-state index contributed by atoms with van der Waals surface area (Å²) in [5.41, 5.74) is -3.13. The first kappa shape index (κ1) is 33.0. The van der Waals surface area contributed by atoms with E-state index < -0.39 is 89.5 Å². The fourth-order valence-electron chi connectivity index (χ4n) is 2.49. The van der Waals surface area contributed by atoms with Crippen LogP contribution < -0.4 is 0 Å².